The van der Waals surface area contributed by atoms with Crippen molar-refractivity contribution in [2.24, 2.45) is 5.92 Å². The number of piperidine rings is 1. The first kappa shape index (κ1) is 23.5. The third kappa shape index (κ3) is 6.18. The second-order valence-corrected chi connectivity index (χ2v) is 9.92. The Labute approximate surface area is 187 Å². The summed E-state index contributed by atoms with van der Waals surface area (Å²) >= 11 is 5.84. The lowest BCUT2D eigenvalue weighted by Crippen LogP contribution is -2.43. The molecule has 1 saturated heterocycles. The maximum absolute atomic E-state index is 12.9. The van der Waals surface area contributed by atoms with E-state index in [0.717, 1.165) is 0 Å². The molecule has 0 N–H and O–H groups in total. The van der Waals surface area contributed by atoms with E-state index in [4.69, 9.17) is 16.3 Å². The zero-order chi connectivity index (χ0) is 22.4. The summed E-state index contributed by atoms with van der Waals surface area (Å²) in [5.74, 6) is 0.0966. The minimum atomic E-state index is -3.59. The van der Waals surface area contributed by atoms with Crippen LogP contribution in [-0.4, -0.2) is 56.8 Å². The van der Waals surface area contributed by atoms with Crippen LogP contribution in [0, 0.1) is 11.7 Å². The fraction of sp³-hybridized carbons (Fsp3) is 0.409. The summed E-state index contributed by atoms with van der Waals surface area (Å²) in [6, 6.07) is 11.9. The first-order valence-corrected chi connectivity index (χ1v) is 12.0. The molecule has 0 spiro atoms. The quantitative estimate of drug-likeness (QED) is 0.552. The zero-order valence-corrected chi connectivity index (χ0v) is 18.9. The van der Waals surface area contributed by atoms with Gasteiger partial charge in [0, 0.05) is 37.6 Å². The molecule has 1 amide bonds. The average Bonchev–Trinajstić information content (AvgIpc) is 2.77. The number of nitrogens with zero attached hydrogens (tertiary/aromatic N) is 2. The second-order valence-electron chi connectivity index (χ2n) is 7.55. The van der Waals surface area contributed by atoms with Gasteiger partial charge in [0.15, 0.2) is 0 Å². The van der Waals surface area contributed by atoms with Crippen LogP contribution in [0.2, 0.25) is 5.02 Å². The fourth-order valence-electron chi connectivity index (χ4n) is 3.54. The van der Waals surface area contributed by atoms with Crippen molar-refractivity contribution in [3.8, 4) is 5.75 Å². The molecule has 3 rings (SSSR count). The van der Waals surface area contributed by atoms with Gasteiger partial charge in [0.25, 0.3) is 0 Å². The molecule has 1 heterocycles. The number of hydrogen-bond donors (Lipinski definition) is 0. The minimum absolute atomic E-state index is 0.0188. The molecule has 6 nitrogen and oxygen atoms in total. The van der Waals surface area contributed by atoms with Crippen LogP contribution in [0.15, 0.2) is 53.4 Å². The molecule has 0 unspecified atom stereocenters. The lowest BCUT2D eigenvalue weighted by atomic mass is 9.96. The number of rotatable bonds is 8. The van der Waals surface area contributed by atoms with Crippen molar-refractivity contribution in [1.82, 2.24) is 9.21 Å². The number of carbonyl (C=O) groups excluding carboxylic acids is 1. The first-order valence-electron chi connectivity index (χ1n) is 10.2. The van der Waals surface area contributed by atoms with Gasteiger partial charge in [-0.3, -0.25) is 4.79 Å². The third-order valence-electron chi connectivity index (χ3n) is 5.35. The molecule has 31 heavy (non-hydrogen) atoms. The molecule has 168 valence electrons. The Morgan fingerprint density at radius 2 is 1.74 bits per heavy atom. The van der Waals surface area contributed by atoms with Gasteiger partial charge in [-0.25, -0.2) is 12.8 Å². The Kier molecular flexibility index (Phi) is 7.91. The van der Waals surface area contributed by atoms with Crippen molar-refractivity contribution < 1.29 is 22.3 Å². The second kappa shape index (κ2) is 10.4. The molecule has 2 aromatic carbocycles. The number of benzene rings is 2. The van der Waals surface area contributed by atoms with Gasteiger partial charge in [-0.15, -0.1) is 0 Å². The smallest absolute Gasteiger partial charge is 0.243 e. The number of amides is 1. The molecule has 0 radical (unpaired) electrons. The Morgan fingerprint density at radius 3 is 2.35 bits per heavy atom. The standard InChI is InChI=1S/C22H26ClFN2O4S/c1-25(13-2-16-30-20-7-5-19(24)6-8-20)22(27)17-11-14-26(15-12-17)31(28,29)21-9-3-18(23)4-10-21/h3-10,17H,2,11-16H2,1H3. The third-order valence-corrected chi connectivity index (χ3v) is 7.52. The molecule has 2 aromatic rings. The molecule has 0 bridgehead atoms. The number of hydrogen-bond acceptors (Lipinski definition) is 4. The molecule has 1 aliphatic heterocycles. The van der Waals surface area contributed by atoms with E-state index in [1.165, 1.54) is 28.6 Å². The predicted molar refractivity (Wildman–Crippen MR) is 117 cm³/mol. The van der Waals surface area contributed by atoms with Crippen LogP contribution in [-0.2, 0) is 14.8 Å². The van der Waals surface area contributed by atoms with Crippen molar-refractivity contribution in [3.63, 3.8) is 0 Å². The van der Waals surface area contributed by atoms with Crippen molar-refractivity contribution in [1.29, 1.82) is 0 Å². The van der Waals surface area contributed by atoms with Crippen molar-refractivity contribution in [2.75, 3.05) is 33.3 Å². The van der Waals surface area contributed by atoms with Gasteiger partial charge in [0.2, 0.25) is 15.9 Å². The van der Waals surface area contributed by atoms with Gasteiger partial charge in [0.05, 0.1) is 11.5 Å². The van der Waals surface area contributed by atoms with Crippen LogP contribution in [0.25, 0.3) is 0 Å². The molecular weight excluding hydrogens is 443 g/mol. The normalized spacial score (nSPS) is 15.6. The van der Waals surface area contributed by atoms with E-state index in [9.17, 15) is 17.6 Å². The summed E-state index contributed by atoms with van der Waals surface area (Å²) in [5, 5.41) is 0.481. The predicted octanol–water partition coefficient (Wildman–Crippen LogP) is 3.81. The largest absolute Gasteiger partial charge is 0.494 e. The molecule has 0 aliphatic carbocycles. The van der Waals surface area contributed by atoms with E-state index in [2.05, 4.69) is 0 Å². The number of sulfonamides is 1. The molecular formula is C22H26ClFN2O4S. The number of halogens is 2. The summed E-state index contributed by atoms with van der Waals surface area (Å²) in [7, 11) is -1.84. The highest BCUT2D eigenvalue weighted by Gasteiger charge is 2.33. The van der Waals surface area contributed by atoms with E-state index in [0.29, 0.717) is 56.3 Å². The topological polar surface area (TPSA) is 66.9 Å². The minimum Gasteiger partial charge on any atom is -0.494 e. The number of ether oxygens (including phenoxy) is 1. The number of carbonyl (C=O) groups is 1. The highest BCUT2D eigenvalue weighted by atomic mass is 35.5. The van der Waals surface area contributed by atoms with E-state index < -0.39 is 10.0 Å². The molecule has 1 aliphatic rings. The van der Waals surface area contributed by atoms with Crippen LogP contribution in [0.1, 0.15) is 19.3 Å². The van der Waals surface area contributed by atoms with Gasteiger partial charge in [-0.05, 0) is 67.8 Å². The molecule has 1 fully saturated rings. The van der Waals surface area contributed by atoms with Gasteiger partial charge < -0.3 is 9.64 Å². The highest BCUT2D eigenvalue weighted by molar-refractivity contribution is 7.89. The summed E-state index contributed by atoms with van der Waals surface area (Å²) in [6.07, 6.45) is 1.62. The Hall–Kier alpha value is -2.16. The van der Waals surface area contributed by atoms with Crippen LogP contribution < -0.4 is 4.74 Å². The highest BCUT2D eigenvalue weighted by Crippen LogP contribution is 2.25. The van der Waals surface area contributed by atoms with Gasteiger partial charge in [-0.2, -0.15) is 4.31 Å². The van der Waals surface area contributed by atoms with Gasteiger partial charge >= 0.3 is 0 Å². The van der Waals surface area contributed by atoms with Crippen LogP contribution in [0.4, 0.5) is 4.39 Å². The van der Waals surface area contributed by atoms with Gasteiger partial charge in [0.1, 0.15) is 11.6 Å². The summed E-state index contributed by atoms with van der Waals surface area (Å²) in [4.78, 5) is 14.6. The Morgan fingerprint density at radius 1 is 1.13 bits per heavy atom. The van der Waals surface area contributed by atoms with Crippen LogP contribution >= 0.6 is 11.6 Å². The molecule has 9 heteroatoms. The fourth-order valence-corrected chi connectivity index (χ4v) is 5.14. The van der Waals surface area contributed by atoms with Gasteiger partial charge in [-0.1, -0.05) is 11.6 Å². The zero-order valence-electron chi connectivity index (χ0n) is 17.3. The Bertz CT molecular complexity index is 976. The SMILES string of the molecule is CN(CCCOc1ccc(F)cc1)C(=O)C1CCN(S(=O)(=O)c2ccc(Cl)cc2)CC1. The van der Waals surface area contributed by atoms with Crippen molar-refractivity contribution in [3.05, 3.63) is 59.4 Å². The Balaban J connectivity index is 1.43. The van der Waals surface area contributed by atoms with E-state index in [1.807, 2.05) is 0 Å². The molecule has 0 atom stereocenters. The van der Waals surface area contributed by atoms with Crippen LogP contribution in [0.5, 0.6) is 5.75 Å². The van der Waals surface area contributed by atoms with Crippen LogP contribution in [0.3, 0.4) is 0 Å². The first-order chi connectivity index (χ1) is 14.8. The maximum atomic E-state index is 12.9. The maximum Gasteiger partial charge on any atom is 0.243 e. The van der Waals surface area contributed by atoms with Crippen molar-refractivity contribution in [2.45, 2.75) is 24.2 Å². The van der Waals surface area contributed by atoms with E-state index >= 15 is 0 Å². The monoisotopic (exact) mass is 468 g/mol. The summed E-state index contributed by atoms with van der Waals surface area (Å²) in [5.41, 5.74) is 0. The van der Waals surface area contributed by atoms with E-state index in [1.54, 1.807) is 36.2 Å². The van der Waals surface area contributed by atoms with Crippen molar-refractivity contribution >= 4 is 27.5 Å². The van der Waals surface area contributed by atoms with E-state index in [-0.39, 0.29) is 22.5 Å². The summed E-state index contributed by atoms with van der Waals surface area (Å²) < 4.78 is 45.4. The lowest BCUT2D eigenvalue weighted by molar-refractivity contribution is -0.135. The summed E-state index contributed by atoms with van der Waals surface area (Å²) in [6.45, 7) is 1.57. The molecule has 0 saturated carbocycles. The molecule has 0 aromatic heterocycles. The lowest BCUT2D eigenvalue weighted by Gasteiger charge is -2.32. The average molecular weight is 469 g/mol.